The molecule has 0 aliphatic carbocycles. The summed E-state index contributed by atoms with van der Waals surface area (Å²) in [5.41, 5.74) is 2.61. The first-order valence-corrected chi connectivity index (χ1v) is 12.7. The molecule has 1 unspecified atom stereocenters. The number of pyridine rings is 1. The molecule has 0 radical (unpaired) electrons. The normalized spacial score (nSPS) is 18.1. The molecule has 186 valence electrons. The number of hydrogen-bond donors (Lipinski definition) is 1. The Morgan fingerprint density at radius 3 is 2.56 bits per heavy atom. The number of carbonyl (C=O) groups excluding carboxylic acids is 2. The lowest BCUT2D eigenvalue weighted by molar-refractivity contribution is -0.577. The molecule has 1 saturated heterocycles. The van der Waals surface area contributed by atoms with E-state index in [4.69, 9.17) is 4.74 Å². The number of aromatic amines is 1. The highest BCUT2D eigenvalue weighted by Crippen LogP contribution is 2.31. The summed E-state index contributed by atoms with van der Waals surface area (Å²) in [7, 11) is 0. The van der Waals surface area contributed by atoms with Crippen LogP contribution in [0.15, 0.2) is 59.7 Å². The van der Waals surface area contributed by atoms with Gasteiger partial charge in [-0.2, -0.15) is 4.57 Å². The maximum atomic E-state index is 13.9. The molecule has 8 heteroatoms. The Morgan fingerprint density at radius 1 is 1.06 bits per heavy atom. The lowest BCUT2D eigenvalue weighted by Crippen LogP contribution is -2.42. The monoisotopic (exact) mass is 487 g/mol. The fraction of sp³-hybridized carbons (Fsp3) is 0.357. The summed E-state index contributed by atoms with van der Waals surface area (Å²) in [6.45, 7) is 4.85. The van der Waals surface area contributed by atoms with Gasteiger partial charge in [0.05, 0.1) is 23.9 Å². The number of hydrogen-bond acceptors (Lipinski definition) is 4. The highest BCUT2D eigenvalue weighted by atomic mass is 16.5. The molecule has 4 heterocycles. The highest BCUT2D eigenvalue weighted by Gasteiger charge is 2.48. The zero-order chi connectivity index (χ0) is 25.2. The number of H-pyrrole nitrogens is 1. The van der Waals surface area contributed by atoms with Gasteiger partial charge in [0, 0.05) is 23.9 Å². The molecule has 1 aromatic carbocycles. The third-order valence-electron chi connectivity index (χ3n) is 6.81. The van der Waals surface area contributed by atoms with Crippen molar-refractivity contribution in [3.63, 3.8) is 0 Å². The first kappa shape index (κ1) is 23.9. The maximum Gasteiger partial charge on any atom is 0.327 e. The van der Waals surface area contributed by atoms with Gasteiger partial charge in [-0.3, -0.25) is 24.4 Å². The van der Waals surface area contributed by atoms with E-state index in [1.165, 1.54) is 9.58 Å². The van der Waals surface area contributed by atoms with Crippen LogP contribution in [0.4, 0.5) is 0 Å². The second-order valence-corrected chi connectivity index (χ2v) is 9.24. The molecular formula is C28H31N4O4+. The van der Waals surface area contributed by atoms with Crippen molar-refractivity contribution in [2.24, 2.45) is 0 Å². The smallest absolute Gasteiger partial charge is 0.327 e. The van der Waals surface area contributed by atoms with E-state index < -0.39 is 11.8 Å². The lowest BCUT2D eigenvalue weighted by Gasteiger charge is -2.18. The van der Waals surface area contributed by atoms with Crippen molar-refractivity contribution >= 4 is 23.1 Å². The van der Waals surface area contributed by atoms with E-state index in [0.29, 0.717) is 24.4 Å². The second-order valence-electron chi connectivity index (χ2n) is 9.24. The van der Waals surface area contributed by atoms with E-state index in [9.17, 15) is 14.4 Å². The number of aromatic nitrogens is 3. The van der Waals surface area contributed by atoms with E-state index >= 15 is 0 Å². The molecule has 1 fully saturated rings. The molecule has 5 rings (SSSR count). The molecule has 8 nitrogen and oxygen atoms in total. The highest BCUT2D eigenvalue weighted by molar-refractivity contribution is 6.44. The van der Waals surface area contributed by atoms with Crippen LogP contribution >= 0.6 is 0 Å². The Kier molecular flexibility index (Phi) is 6.69. The van der Waals surface area contributed by atoms with Gasteiger partial charge in [0.25, 0.3) is 17.2 Å². The van der Waals surface area contributed by atoms with Gasteiger partial charge >= 0.3 is 5.91 Å². The molecular weight excluding hydrogens is 456 g/mol. The lowest BCUT2D eigenvalue weighted by atomic mass is 10.0. The largest absolute Gasteiger partial charge is 0.376 e. The summed E-state index contributed by atoms with van der Waals surface area (Å²) in [6.07, 6.45) is 7.24. The fourth-order valence-corrected chi connectivity index (χ4v) is 4.99. The predicted molar refractivity (Wildman–Crippen MR) is 135 cm³/mol. The third-order valence-corrected chi connectivity index (χ3v) is 6.81. The minimum absolute atomic E-state index is 0.149. The Balaban J connectivity index is 1.71. The Bertz CT molecular complexity index is 1380. The Hall–Kier alpha value is -3.78. The number of rotatable bonds is 8. The average Bonchev–Trinajstić information content (AvgIpc) is 3.59. The standard InChI is InChI=1S/C28H30N4O4/c1-3-10-22-23(27(34)32(29-22)20-12-6-5-7-13-20)24-25(30-15-8-11-19(4-2)17-30)28(35)31(26(24)33)18-21-14-9-16-36-21/h5-8,11-13,15,17,21H,3-4,9-10,14,16,18H2,1-2H3/p+1. The number of carbonyl (C=O) groups is 2. The summed E-state index contributed by atoms with van der Waals surface area (Å²) in [5, 5.41) is 3.22. The number of nitrogens with one attached hydrogen (secondary N) is 1. The van der Waals surface area contributed by atoms with E-state index in [0.717, 1.165) is 31.2 Å². The summed E-state index contributed by atoms with van der Waals surface area (Å²) in [5.74, 6) is -0.855. The summed E-state index contributed by atoms with van der Waals surface area (Å²) < 4.78 is 8.88. The first-order chi connectivity index (χ1) is 17.5. The minimum atomic E-state index is -0.450. The van der Waals surface area contributed by atoms with Gasteiger partial charge in [-0.1, -0.05) is 38.5 Å². The van der Waals surface area contributed by atoms with E-state index in [1.54, 1.807) is 10.8 Å². The Morgan fingerprint density at radius 2 is 1.86 bits per heavy atom. The van der Waals surface area contributed by atoms with Crippen molar-refractivity contribution in [1.29, 1.82) is 0 Å². The van der Waals surface area contributed by atoms with Crippen molar-refractivity contribution in [3.8, 4) is 5.69 Å². The van der Waals surface area contributed by atoms with Crippen LogP contribution in [0.5, 0.6) is 0 Å². The summed E-state index contributed by atoms with van der Waals surface area (Å²) in [6, 6.07) is 13.1. The van der Waals surface area contributed by atoms with Crippen molar-refractivity contribution in [3.05, 3.63) is 82.0 Å². The van der Waals surface area contributed by atoms with Crippen LogP contribution in [0.25, 0.3) is 17.0 Å². The zero-order valence-corrected chi connectivity index (χ0v) is 20.7. The first-order valence-electron chi connectivity index (χ1n) is 12.7. The van der Waals surface area contributed by atoms with Crippen molar-refractivity contribution in [2.75, 3.05) is 13.2 Å². The molecule has 2 aliphatic rings. The molecule has 2 aliphatic heterocycles. The number of benzene rings is 1. The van der Waals surface area contributed by atoms with Gasteiger partial charge in [-0.05, 0) is 43.9 Å². The van der Waals surface area contributed by atoms with Crippen LogP contribution < -0.4 is 10.1 Å². The maximum absolute atomic E-state index is 13.9. The molecule has 36 heavy (non-hydrogen) atoms. The average molecular weight is 488 g/mol. The number of imide groups is 1. The predicted octanol–water partition coefficient (Wildman–Crippen LogP) is 2.88. The number of ether oxygens (including phenoxy) is 1. The van der Waals surface area contributed by atoms with Gasteiger partial charge in [0.1, 0.15) is 5.57 Å². The van der Waals surface area contributed by atoms with Crippen molar-refractivity contribution < 1.29 is 18.9 Å². The molecule has 2 amide bonds. The summed E-state index contributed by atoms with van der Waals surface area (Å²) >= 11 is 0. The Labute approximate surface area is 209 Å². The molecule has 1 N–H and O–H groups in total. The SMILES string of the molecule is CCCc1[nH]n(-c2ccccc2)c(=O)c1C1=C([n+]2cccc(CC)c2)C(=O)N(CC2CCCO2)C1=O. The van der Waals surface area contributed by atoms with Gasteiger partial charge in [0.2, 0.25) is 0 Å². The van der Waals surface area contributed by atoms with Crippen molar-refractivity contribution in [1.82, 2.24) is 14.7 Å². The molecule has 0 bridgehead atoms. The molecule has 1 atom stereocenters. The zero-order valence-electron chi connectivity index (χ0n) is 20.7. The van der Waals surface area contributed by atoms with E-state index in [1.807, 2.05) is 62.5 Å². The van der Waals surface area contributed by atoms with E-state index in [2.05, 4.69) is 5.10 Å². The molecule has 2 aromatic heterocycles. The van der Waals surface area contributed by atoms with Crippen molar-refractivity contribution in [2.45, 2.75) is 52.1 Å². The van der Waals surface area contributed by atoms with Crippen LogP contribution in [0.1, 0.15) is 49.9 Å². The van der Waals surface area contributed by atoms with Crippen LogP contribution in [-0.4, -0.2) is 45.8 Å². The van der Waals surface area contributed by atoms with Crippen LogP contribution in [0, 0.1) is 0 Å². The van der Waals surface area contributed by atoms with Gasteiger partial charge < -0.3 is 4.74 Å². The third kappa shape index (κ3) is 4.22. The number of nitrogens with zero attached hydrogens (tertiary/aromatic N) is 3. The number of aryl methyl sites for hydroxylation is 2. The fourth-order valence-electron chi connectivity index (χ4n) is 4.99. The minimum Gasteiger partial charge on any atom is -0.376 e. The molecule has 0 spiro atoms. The number of amides is 2. The van der Waals surface area contributed by atoms with Gasteiger partial charge in [-0.15, -0.1) is 0 Å². The van der Waals surface area contributed by atoms with Crippen LogP contribution in [0.2, 0.25) is 0 Å². The van der Waals surface area contributed by atoms with E-state index in [-0.39, 0.29) is 35.0 Å². The second kappa shape index (κ2) is 10.1. The van der Waals surface area contributed by atoms with Gasteiger partial charge in [0.15, 0.2) is 12.4 Å². The number of para-hydroxylation sites is 1. The quantitative estimate of drug-likeness (QED) is 0.391. The summed E-state index contributed by atoms with van der Waals surface area (Å²) in [4.78, 5) is 42.8. The molecule has 0 saturated carbocycles. The van der Waals surface area contributed by atoms with Gasteiger partial charge in [-0.25, -0.2) is 4.68 Å². The van der Waals surface area contributed by atoms with Crippen LogP contribution in [0.3, 0.4) is 0 Å². The molecule has 3 aromatic rings. The topological polar surface area (TPSA) is 88.3 Å². The van der Waals surface area contributed by atoms with Crippen LogP contribution in [-0.2, 0) is 27.2 Å².